The molecule has 13 nitrogen and oxygen atoms in total. The maximum Gasteiger partial charge on any atom is 0.283 e. The Morgan fingerprint density at radius 1 is 1.27 bits per heavy atom. The first-order valence-electron chi connectivity index (χ1n) is 12.7. The summed E-state index contributed by atoms with van der Waals surface area (Å²) in [6.07, 6.45) is 1.49. The molecule has 2 aliphatic rings. The molecule has 2 atom stereocenters. The van der Waals surface area contributed by atoms with Gasteiger partial charge < -0.3 is 9.88 Å². The minimum Gasteiger partial charge on any atom is -0.345 e. The van der Waals surface area contributed by atoms with Crippen LogP contribution in [0, 0.1) is 11.3 Å². The van der Waals surface area contributed by atoms with E-state index in [9.17, 15) is 18.5 Å². The van der Waals surface area contributed by atoms with Crippen LogP contribution in [0.25, 0.3) is 10.9 Å². The number of likely N-dealkylation sites (N-methyl/N-ethyl adjacent to an activating group) is 1. The number of aromatic amines is 2. The molecule has 2 aliphatic heterocycles. The number of benzene rings is 1. The zero-order valence-corrected chi connectivity index (χ0v) is 23.8. The van der Waals surface area contributed by atoms with E-state index < -0.39 is 22.1 Å². The van der Waals surface area contributed by atoms with Gasteiger partial charge in [-0.15, -0.1) is 21.5 Å². The fourth-order valence-electron chi connectivity index (χ4n) is 5.24. The highest BCUT2D eigenvalue weighted by atomic mass is 35.5. The lowest BCUT2D eigenvalue weighted by atomic mass is 10.1. The number of carbonyl (C=O) groups is 1. The van der Waals surface area contributed by atoms with Gasteiger partial charge in [0.05, 0.1) is 16.6 Å². The number of aryl methyl sites for hydroxylation is 1. The van der Waals surface area contributed by atoms with Crippen molar-refractivity contribution >= 4 is 49.8 Å². The van der Waals surface area contributed by atoms with Gasteiger partial charge in [-0.2, -0.15) is 14.8 Å². The molecule has 40 heavy (non-hydrogen) atoms. The van der Waals surface area contributed by atoms with Crippen molar-refractivity contribution in [3.05, 3.63) is 50.7 Å². The molecule has 4 aromatic rings. The zero-order chi connectivity index (χ0) is 28.0. The Kier molecular flexibility index (Phi) is 7.05. The highest BCUT2D eigenvalue weighted by molar-refractivity contribution is 7.89. The predicted octanol–water partition coefficient (Wildman–Crippen LogP) is 1.99. The number of carbonyl (C=O) groups excluding carboxylic acids is 1. The number of halogens is 1. The molecule has 6 rings (SSSR count). The molecule has 1 amide bonds. The number of nitrogens with one attached hydrogen (secondary N) is 2. The molecule has 1 aromatic carbocycles. The third-order valence-corrected chi connectivity index (χ3v) is 10.6. The smallest absolute Gasteiger partial charge is 0.283 e. The summed E-state index contributed by atoms with van der Waals surface area (Å²) in [5.74, 6) is 0.207. The van der Waals surface area contributed by atoms with Crippen LogP contribution in [0.4, 0.5) is 0 Å². The number of thiazole rings is 1. The summed E-state index contributed by atoms with van der Waals surface area (Å²) >= 11 is 7.33. The van der Waals surface area contributed by atoms with Gasteiger partial charge in [-0.25, -0.2) is 13.4 Å². The fourth-order valence-corrected chi connectivity index (χ4v) is 8.08. The predicted molar refractivity (Wildman–Crippen MR) is 146 cm³/mol. The lowest BCUT2D eigenvalue weighted by Gasteiger charge is -2.40. The monoisotopic (exact) mass is 600 g/mol. The lowest BCUT2D eigenvalue weighted by molar-refractivity contribution is 0.0550. The number of amides is 1. The van der Waals surface area contributed by atoms with Gasteiger partial charge in [0, 0.05) is 61.0 Å². The Hall–Kier alpha value is -3.42. The van der Waals surface area contributed by atoms with E-state index in [0.717, 1.165) is 10.6 Å². The van der Waals surface area contributed by atoms with E-state index in [-0.39, 0.29) is 30.6 Å². The summed E-state index contributed by atoms with van der Waals surface area (Å²) in [5, 5.41) is 25.3. The first kappa shape index (κ1) is 26.8. The normalized spacial score (nSPS) is 20.5. The average Bonchev–Trinajstić information content (AvgIpc) is 3.71. The van der Waals surface area contributed by atoms with Gasteiger partial charge in [0.15, 0.2) is 10.8 Å². The molecule has 2 N–H and O–H groups in total. The Labute approximate surface area is 238 Å². The van der Waals surface area contributed by atoms with Crippen molar-refractivity contribution in [2.45, 2.75) is 36.4 Å². The second kappa shape index (κ2) is 10.5. The van der Waals surface area contributed by atoms with Crippen LogP contribution in [-0.4, -0.2) is 98.3 Å². The van der Waals surface area contributed by atoms with Crippen LogP contribution in [0.3, 0.4) is 0 Å². The van der Waals surface area contributed by atoms with Crippen molar-refractivity contribution in [3.63, 3.8) is 0 Å². The minimum atomic E-state index is -3.88. The van der Waals surface area contributed by atoms with Crippen LogP contribution in [0.15, 0.2) is 29.3 Å². The molecule has 0 spiro atoms. The number of fused-ring (bicyclic) bond motifs is 2. The van der Waals surface area contributed by atoms with Gasteiger partial charge in [-0.3, -0.25) is 9.69 Å². The van der Waals surface area contributed by atoms with E-state index in [1.807, 2.05) is 11.9 Å². The molecular formula is C24H25ClN10O3S2. The van der Waals surface area contributed by atoms with Crippen molar-refractivity contribution in [3.8, 4) is 6.07 Å². The summed E-state index contributed by atoms with van der Waals surface area (Å²) in [7, 11) is -2.00. The molecule has 1 fully saturated rings. The Bertz CT molecular complexity index is 1710. The molecule has 0 bridgehead atoms. The minimum absolute atomic E-state index is 0.0701. The number of tetrazole rings is 1. The van der Waals surface area contributed by atoms with E-state index in [2.05, 4.69) is 36.7 Å². The van der Waals surface area contributed by atoms with Crippen molar-refractivity contribution in [1.82, 2.24) is 44.7 Å². The lowest BCUT2D eigenvalue weighted by Crippen LogP contribution is -2.56. The number of rotatable bonds is 6. The van der Waals surface area contributed by atoms with Crippen LogP contribution in [0.1, 0.15) is 38.7 Å². The molecule has 0 aliphatic carbocycles. The number of nitriles is 1. The first-order valence-corrected chi connectivity index (χ1v) is 15.3. The quantitative estimate of drug-likeness (QED) is 0.336. The molecule has 5 heterocycles. The van der Waals surface area contributed by atoms with Gasteiger partial charge in [0.25, 0.3) is 15.9 Å². The van der Waals surface area contributed by atoms with Crippen LogP contribution in [-0.2, 0) is 22.9 Å². The van der Waals surface area contributed by atoms with E-state index in [4.69, 9.17) is 11.6 Å². The second-order valence-corrected chi connectivity index (χ2v) is 13.2. The van der Waals surface area contributed by atoms with Crippen molar-refractivity contribution in [2.24, 2.45) is 0 Å². The summed E-state index contributed by atoms with van der Waals surface area (Å²) < 4.78 is 28.7. The van der Waals surface area contributed by atoms with Crippen LogP contribution < -0.4 is 0 Å². The van der Waals surface area contributed by atoms with Crippen molar-refractivity contribution in [1.29, 1.82) is 5.26 Å². The van der Waals surface area contributed by atoms with Gasteiger partial charge >= 0.3 is 0 Å². The number of sulfonamides is 1. The number of hydrogen-bond donors (Lipinski definition) is 2. The van der Waals surface area contributed by atoms with Crippen molar-refractivity contribution in [2.75, 3.05) is 33.2 Å². The van der Waals surface area contributed by atoms with Crippen LogP contribution in [0.2, 0.25) is 5.02 Å². The summed E-state index contributed by atoms with van der Waals surface area (Å²) in [4.78, 5) is 25.8. The van der Waals surface area contributed by atoms with Crippen molar-refractivity contribution < 1.29 is 13.2 Å². The van der Waals surface area contributed by atoms with E-state index >= 15 is 0 Å². The largest absolute Gasteiger partial charge is 0.345 e. The summed E-state index contributed by atoms with van der Waals surface area (Å²) in [6, 6.07) is 8.13. The topological polar surface area (TPSA) is 168 Å². The number of hydrogen-bond acceptors (Lipinski definition) is 10. The first-order chi connectivity index (χ1) is 19.2. The molecule has 0 radical (unpaired) electrons. The maximum atomic E-state index is 13.8. The highest BCUT2D eigenvalue weighted by Gasteiger charge is 2.39. The van der Waals surface area contributed by atoms with E-state index in [1.54, 1.807) is 29.2 Å². The fraction of sp³-hybridized carbons (Fsp3) is 0.417. The molecule has 0 saturated carbocycles. The van der Waals surface area contributed by atoms with Gasteiger partial charge in [0.1, 0.15) is 11.1 Å². The Balaban J connectivity index is 1.27. The van der Waals surface area contributed by atoms with Crippen LogP contribution in [0.5, 0.6) is 0 Å². The highest BCUT2D eigenvalue weighted by Crippen LogP contribution is 2.34. The standard InChI is InChI=1S/C24H25ClN10O3S2/c1-33-7-6-18-22(19(33)12-26)39-23(28-18)24(36)35-9-8-34(13-16(35)3-5-20-29-31-32-30-20)40(37,38)21-11-14-10-15(25)2-4-17(14)27-21/h2,4,10-11,16,19,27H,3,5-9,13H2,1H3,(H,29,30,31,32). The molecule has 1 saturated heterocycles. The third-order valence-electron chi connectivity index (χ3n) is 7.40. The van der Waals surface area contributed by atoms with Gasteiger partial charge in [-0.1, -0.05) is 16.8 Å². The summed E-state index contributed by atoms with van der Waals surface area (Å²) in [6.45, 7) is 1.09. The number of piperazine rings is 1. The maximum absolute atomic E-state index is 13.8. The number of nitrogens with zero attached hydrogens (tertiary/aromatic N) is 8. The molecule has 208 valence electrons. The SMILES string of the molecule is CN1CCc2nc(C(=O)N3CCN(S(=O)(=O)c4cc5cc(Cl)ccc5[nH]4)CC3CCc3nn[nH]n3)sc2C1C#N. The summed E-state index contributed by atoms with van der Waals surface area (Å²) in [5.41, 5.74) is 1.45. The zero-order valence-electron chi connectivity index (χ0n) is 21.4. The third kappa shape index (κ3) is 4.86. The number of H-pyrrole nitrogens is 2. The molecule has 3 aromatic heterocycles. The molecule has 16 heteroatoms. The molecule has 2 unspecified atom stereocenters. The second-order valence-electron chi connectivity index (χ2n) is 9.84. The van der Waals surface area contributed by atoms with Gasteiger partial charge in [-0.05, 0) is 37.7 Å². The average molecular weight is 601 g/mol. The number of aromatic nitrogens is 6. The van der Waals surface area contributed by atoms with E-state index in [0.29, 0.717) is 52.6 Å². The molecular weight excluding hydrogens is 576 g/mol. The Morgan fingerprint density at radius 2 is 2.12 bits per heavy atom. The van der Waals surface area contributed by atoms with Crippen LogP contribution >= 0.6 is 22.9 Å². The Morgan fingerprint density at radius 3 is 2.90 bits per heavy atom. The van der Waals surface area contributed by atoms with Gasteiger partial charge in [0.2, 0.25) is 0 Å². The van der Waals surface area contributed by atoms with E-state index in [1.165, 1.54) is 15.6 Å².